The molecule has 0 aliphatic heterocycles. The number of hydrogen-bond acceptors (Lipinski definition) is 3. The summed E-state index contributed by atoms with van der Waals surface area (Å²) in [5, 5.41) is 0.318. The molecule has 0 aliphatic carbocycles. The van der Waals surface area contributed by atoms with E-state index < -0.39 is 10.0 Å². The number of aryl methyl sites for hydroxylation is 1. The van der Waals surface area contributed by atoms with Crippen LogP contribution < -0.4 is 4.72 Å². The van der Waals surface area contributed by atoms with Gasteiger partial charge in [-0.05, 0) is 42.7 Å². The minimum atomic E-state index is -3.60. The van der Waals surface area contributed by atoms with Gasteiger partial charge in [-0.3, -0.25) is 4.72 Å². The lowest BCUT2D eigenvalue weighted by Crippen LogP contribution is -2.13. The molecule has 0 aliphatic rings. The van der Waals surface area contributed by atoms with Crippen LogP contribution in [0.3, 0.4) is 0 Å². The molecule has 0 spiro atoms. The van der Waals surface area contributed by atoms with Crippen molar-refractivity contribution in [2.24, 2.45) is 0 Å². The summed E-state index contributed by atoms with van der Waals surface area (Å²) in [6.07, 6.45) is 4.56. The molecule has 0 radical (unpaired) electrons. The van der Waals surface area contributed by atoms with E-state index in [1.807, 2.05) is 12.1 Å². The van der Waals surface area contributed by atoms with Crippen molar-refractivity contribution in [3.63, 3.8) is 0 Å². The first-order valence-electron chi connectivity index (χ1n) is 6.74. The third-order valence-electron chi connectivity index (χ3n) is 3.03. The Morgan fingerprint density at radius 2 is 1.86 bits per heavy atom. The molecular weight excluding hydrogens is 308 g/mol. The van der Waals surface area contributed by atoms with Crippen molar-refractivity contribution in [2.45, 2.75) is 31.1 Å². The summed E-state index contributed by atoms with van der Waals surface area (Å²) >= 11 is 5.67. The number of benzene rings is 1. The first kappa shape index (κ1) is 15.8. The Labute approximate surface area is 130 Å². The molecule has 1 heterocycles. The molecule has 0 saturated heterocycles. The van der Waals surface area contributed by atoms with Crippen LogP contribution >= 0.6 is 11.6 Å². The van der Waals surface area contributed by atoms with Crippen molar-refractivity contribution < 1.29 is 8.42 Å². The fourth-order valence-corrected chi connectivity index (χ4v) is 3.02. The van der Waals surface area contributed by atoms with E-state index in [0.717, 1.165) is 24.8 Å². The predicted molar refractivity (Wildman–Crippen MR) is 85.1 cm³/mol. The highest BCUT2D eigenvalue weighted by Gasteiger charge is 2.14. The summed E-state index contributed by atoms with van der Waals surface area (Å²) in [4.78, 5) is 4.08. The summed E-state index contributed by atoms with van der Waals surface area (Å²) in [6.45, 7) is 2.13. The molecule has 0 saturated carbocycles. The first-order valence-corrected chi connectivity index (χ1v) is 8.60. The van der Waals surface area contributed by atoms with E-state index in [0.29, 0.717) is 10.8 Å². The van der Waals surface area contributed by atoms with Crippen LogP contribution in [0.15, 0.2) is 47.5 Å². The second-order valence-electron chi connectivity index (χ2n) is 4.72. The molecule has 0 fully saturated rings. The highest BCUT2D eigenvalue weighted by molar-refractivity contribution is 7.92. The fraction of sp³-hybridized carbons (Fsp3) is 0.267. The van der Waals surface area contributed by atoms with Gasteiger partial charge in [-0.15, -0.1) is 0 Å². The smallest absolute Gasteiger partial charge is 0.261 e. The standard InChI is InChI=1S/C15H17ClN2O2S/c1-2-3-4-12-5-8-14(9-6-12)21(19,20)18-13-7-10-15(16)17-11-13/h5-11,18H,2-4H2,1H3. The van der Waals surface area contributed by atoms with Crippen LogP contribution in [0, 0.1) is 0 Å². The highest BCUT2D eigenvalue weighted by atomic mass is 35.5. The van der Waals surface area contributed by atoms with Gasteiger partial charge in [0, 0.05) is 0 Å². The minimum Gasteiger partial charge on any atom is -0.278 e. The highest BCUT2D eigenvalue weighted by Crippen LogP contribution is 2.17. The Morgan fingerprint density at radius 1 is 1.14 bits per heavy atom. The van der Waals surface area contributed by atoms with Gasteiger partial charge >= 0.3 is 0 Å². The molecule has 0 bridgehead atoms. The molecule has 0 amide bonds. The number of halogens is 1. The molecule has 2 aromatic rings. The lowest BCUT2D eigenvalue weighted by molar-refractivity contribution is 0.601. The zero-order valence-corrected chi connectivity index (χ0v) is 13.3. The van der Waals surface area contributed by atoms with E-state index in [-0.39, 0.29) is 4.90 Å². The van der Waals surface area contributed by atoms with Gasteiger partial charge in [0.15, 0.2) is 0 Å². The Bertz CT molecular complexity index is 683. The van der Waals surface area contributed by atoms with Crippen LogP contribution in [0.1, 0.15) is 25.3 Å². The predicted octanol–water partition coefficient (Wildman–Crippen LogP) is 3.88. The zero-order chi connectivity index (χ0) is 15.3. The van der Waals surface area contributed by atoms with Gasteiger partial charge in [-0.1, -0.05) is 37.1 Å². The van der Waals surface area contributed by atoms with Gasteiger partial charge in [0.25, 0.3) is 10.0 Å². The van der Waals surface area contributed by atoms with E-state index in [2.05, 4.69) is 16.6 Å². The van der Waals surface area contributed by atoms with Gasteiger partial charge < -0.3 is 0 Å². The van der Waals surface area contributed by atoms with E-state index >= 15 is 0 Å². The van der Waals surface area contributed by atoms with Crippen molar-refractivity contribution in [3.8, 4) is 0 Å². The first-order chi connectivity index (χ1) is 10.0. The molecule has 1 aromatic carbocycles. The van der Waals surface area contributed by atoms with Gasteiger partial charge in [0.2, 0.25) is 0 Å². The van der Waals surface area contributed by atoms with Crippen LogP contribution in [0.2, 0.25) is 5.15 Å². The van der Waals surface area contributed by atoms with Crippen LogP contribution in [-0.4, -0.2) is 13.4 Å². The summed E-state index contributed by atoms with van der Waals surface area (Å²) < 4.78 is 27.0. The molecule has 1 aromatic heterocycles. The number of rotatable bonds is 6. The van der Waals surface area contributed by atoms with Gasteiger partial charge in [-0.2, -0.15) is 0 Å². The molecule has 1 N–H and O–H groups in total. The van der Waals surface area contributed by atoms with Crippen LogP contribution in [0.4, 0.5) is 5.69 Å². The number of pyridine rings is 1. The van der Waals surface area contributed by atoms with Crippen LogP contribution in [0.5, 0.6) is 0 Å². The molecule has 112 valence electrons. The molecular formula is C15H17ClN2O2S. The summed E-state index contributed by atoms with van der Waals surface area (Å²) in [5.41, 5.74) is 1.53. The third-order valence-corrected chi connectivity index (χ3v) is 4.65. The number of unbranched alkanes of at least 4 members (excludes halogenated alkanes) is 1. The van der Waals surface area contributed by atoms with Crippen molar-refractivity contribution in [1.29, 1.82) is 0 Å². The van der Waals surface area contributed by atoms with Crippen molar-refractivity contribution in [3.05, 3.63) is 53.3 Å². The topological polar surface area (TPSA) is 59.1 Å². The van der Waals surface area contributed by atoms with Crippen molar-refractivity contribution in [1.82, 2.24) is 4.98 Å². The summed E-state index contributed by atoms with van der Waals surface area (Å²) in [5.74, 6) is 0. The Balaban J connectivity index is 2.13. The Morgan fingerprint density at radius 3 is 2.43 bits per heavy atom. The zero-order valence-electron chi connectivity index (χ0n) is 11.7. The molecule has 2 rings (SSSR count). The average Bonchev–Trinajstić information content (AvgIpc) is 2.48. The SMILES string of the molecule is CCCCc1ccc(S(=O)(=O)Nc2ccc(Cl)nc2)cc1. The molecule has 6 heteroatoms. The number of nitrogens with zero attached hydrogens (tertiary/aromatic N) is 1. The quantitative estimate of drug-likeness (QED) is 0.820. The van der Waals surface area contributed by atoms with Gasteiger partial charge in [0.05, 0.1) is 16.8 Å². The summed E-state index contributed by atoms with van der Waals surface area (Å²) in [7, 11) is -3.60. The number of anilines is 1. The molecule has 0 unspecified atom stereocenters. The number of aromatic nitrogens is 1. The number of sulfonamides is 1. The minimum absolute atomic E-state index is 0.234. The van der Waals surface area contributed by atoms with E-state index in [9.17, 15) is 8.42 Å². The second kappa shape index (κ2) is 6.91. The van der Waals surface area contributed by atoms with Gasteiger partial charge in [-0.25, -0.2) is 13.4 Å². The van der Waals surface area contributed by atoms with Gasteiger partial charge in [0.1, 0.15) is 5.15 Å². The maximum absolute atomic E-state index is 12.2. The summed E-state index contributed by atoms with van der Waals surface area (Å²) in [6, 6.07) is 10.1. The fourth-order valence-electron chi connectivity index (χ4n) is 1.87. The maximum Gasteiger partial charge on any atom is 0.261 e. The lowest BCUT2D eigenvalue weighted by Gasteiger charge is -2.08. The van der Waals surface area contributed by atoms with Crippen LogP contribution in [-0.2, 0) is 16.4 Å². The maximum atomic E-state index is 12.2. The van der Waals surface area contributed by atoms with Crippen LogP contribution in [0.25, 0.3) is 0 Å². The average molecular weight is 325 g/mol. The van der Waals surface area contributed by atoms with E-state index in [4.69, 9.17) is 11.6 Å². The normalized spacial score (nSPS) is 11.3. The Hall–Kier alpha value is -1.59. The Kier molecular flexibility index (Phi) is 5.20. The van der Waals surface area contributed by atoms with E-state index in [1.165, 1.54) is 12.3 Å². The monoisotopic (exact) mass is 324 g/mol. The largest absolute Gasteiger partial charge is 0.278 e. The van der Waals surface area contributed by atoms with Crippen molar-refractivity contribution in [2.75, 3.05) is 4.72 Å². The molecule has 21 heavy (non-hydrogen) atoms. The number of nitrogens with one attached hydrogen (secondary N) is 1. The molecule has 0 atom stereocenters. The number of hydrogen-bond donors (Lipinski definition) is 1. The second-order valence-corrected chi connectivity index (χ2v) is 6.79. The van der Waals surface area contributed by atoms with Crippen molar-refractivity contribution >= 4 is 27.3 Å². The molecule has 4 nitrogen and oxygen atoms in total. The third kappa shape index (κ3) is 4.44. The van der Waals surface area contributed by atoms with E-state index in [1.54, 1.807) is 18.2 Å². The lowest BCUT2D eigenvalue weighted by atomic mass is 10.1.